The monoisotopic (exact) mass is 470 g/mol. The van der Waals surface area contributed by atoms with Crippen LogP contribution in [-0.4, -0.2) is 41.3 Å². The summed E-state index contributed by atoms with van der Waals surface area (Å²) in [7, 11) is 0. The number of rotatable bonds is 12. The second-order valence-corrected chi connectivity index (χ2v) is 8.57. The van der Waals surface area contributed by atoms with Gasteiger partial charge in [-0.2, -0.15) is 0 Å². The summed E-state index contributed by atoms with van der Waals surface area (Å²) in [6, 6.07) is 10.8. The van der Waals surface area contributed by atoms with Crippen molar-refractivity contribution in [2.24, 2.45) is 5.92 Å². The summed E-state index contributed by atoms with van der Waals surface area (Å²) in [5.41, 5.74) is 2.71. The van der Waals surface area contributed by atoms with E-state index in [4.69, 9.17) is 21.1 Å². The number of hydrogen-bond acceptors (Lipinski definition) is 6. The highest BCUT2D eigenvalue weighted by Gasteiger charge is 2.11. The molecule has 1 aromatic carbocycles. The number of halogens is 1. The zero-order chi connectivity index (χ0) is 23.6. The molecule has 0 saturated heterocycles. The molecule has 0 unspecified atom stereocenters. The highest BCUT2D eigenvalue weighted by atomic mass is 35.5. The van der Waals surface area contributed by atoms with Gasteiger partial charge < -0.3 is 19.8 Å². The van der Waals surface area contributed by atoms with E-state index in [1.54, 1.807) is 12.3 Å². The van der Waals surface area contributed by atoms with Crippen molar-refractivity contribution in [3.63, 3.8) is 0 Å². The summed E-state index contributed by atoms with van der Waals surface area (Å²) < 4.78 is 11.0. The maximum absolute atomic E-state index is 12.4. The standard InChI is InChI=1S/C25H31ClN4O3/c1-4-9-32-10-11-33-24-8-6-19(16-28-24)22-13-23(31)30-25(29-22)20-12-18(5-7-21(20)26)15-27-14-17(2)3/h5-8,12-13,16-17,27H,4,9-11,14-15H2,1-3H3,(H,29,30,31). The van der Waals surface area contributed by atoms with Crippen molar-refractivity contribution in [1.29, 1.82) is 0 Å². The van der Waals surface area contributed by atoms with Crippen molar-refractivity contribution in [2.45, 2.75) is 33.7 Å². The highest BCUT2D eigenvalue weighted by Crippen LogP contribution is 2.27. The van der Waals surface area contributed by atoms with Crippen LogP contribution < -0.4 is 15.6 Å². The molecule has 2 aromatic heterocycles. The van der Waals surface area contributed by atoms with Crippen LogP contribution in [-0.2, 0) is 11.3 Å². The number of nitrogens with zero attached hydrogens (tertiary/aromatic N) is 2. The quantitative estimate of drug-likeness (QED) is 0.373. The smallest absolute Gasteiger partial charge is 0.251 e. The third kappa shape index (κ3) is 7.67. The molecule has 0 aliphatic heterocycles. The summed E-state index contributed by atoms with van der Waals surface area (Å²) in [4.78, 5) is 24.2. The van der Waals surface area contributed by atoms with Crippen LogP contribution in [0.5, 0.6) is 5.88 Å². The van der Waals surface area contributed by atoms with Crippen LogP contribution in [0.2, 0.25) is 5.02 Å². The fraction of sp³-hybridized carbons (Fsp3) is 0.400. The Hall–Kier alpha value is -2.74. The number of pyridine rings is 1. The van der Waals surface area contributed by atoms with Gasteiger partial charge in [-0.3, -0.25) is 4.79 Å². The first-order chi connectivity index (χ1) is 16.0. The lowest BCUT2D eigenvalue weighted by Gasteiger charge is -2.11. The van der Waals surface area contributed by atoms with E-state index in [1.165, 1.54) is 6.07 Å². The lowest BCUT2D eigenvalue weighted by Crippen LogP contribution is -2.19. The molecule has 0 fully saturated rings. The topological polar surface area (TPSA) is 89.1 Å². The fourth-order valence-electron chi connectivity index (χ4n) is 3.17. The van der Waals surface area contributed by atoms with Crippen molar-refractivity contribution in [3.05, 3.63) is 63.5 Å². The first kappa shape index (κ1) is 24.9. The van der Waals surface area contributed by atoms with Gasteiger partial charge in [0.2, 0.25) is 5.88 Å². The largest absolute Gasteiger partial charge is 0.475 e. The van der Waals surface area contributed by atoms with Crippen LogP contribution >= 0.6 is 11.6 Å². The number of benzene rings is 1. The number of H-pyrrole nitrogens is 1. The van der Waals surface area contributed by atoms with Crippen LogP contribution in [0.15, 0.2) is 47.4 Å². The van der Waals surface area contributed by atoms with Crippen molar-refractivity contribution < 1.29 is 9.47 Å². The molecule has 8 heteroatoms. The van der Waals surface area contributed by atoms with E-state index in [2.05, 4.69) is 41.0 Å². The molecule has 3 rings (SSSR count). The van der Waals surface area contributed by atoms with Crippen molar-refractivity contribution >= 4 is 11.6 Å². The average Bonchev–Trinajstić information content (AvgIpc) is 2.80. The number of ether oxygens (including phenoxy) is 2. The number of aromatic nitrogens is 3. The fourth-order valence-corrected chi connectivity index (χ4v) is 3.38. The van der Waals surface area contributed by atoms with Crippen LogP contribution in [0.1, 0.15) is 32.8 Å². The van der Waals surface area contributed by atoms with Crippen LogP contribution in [0.25, 0.3) is 22.6 Å². The minimum absolute atomic E-state index is 0.261. The minimum atomic E-state index is -0.261. The van der Waals surface area contributed by atoms with Gasteiger partial charge in [-0.15, -0.1) is 0 Å². The van der Waals surface area contributed by atoms with Gasteiger partial charge in [-0.05, 0) is 42.6 Å². The third-order valence-electron chi connectivity index (χ3n) is 4.77. The second-order valence-electron chi connectivity index (χ2n) is 8.16. The Morgan fingerprint density at radius 2 is 1.97 bits per heavy atom. The van der Waals surface area contributed by atoms with E-state index in [-0.39, 0.29) is 5.56 Å². The normalized spacial score (nSPS) is 11.2. The first-order valence-electron chi connectivity index (χ1n) is 11.2. The summed E-state index contributed by atoms with van der Waals surface area (Å²) in [5.74, 6) is 1.47. The Bertz CT molecular complexity index is 1080. The molecule has 0 atom stereocenters. The molecule has 33 heavy (non-hydrogen) atoms. The SMILES string of the molecule is CCCOCCOc1ccc(-c2cc(=O)[nH]c(-c3cc(CNCC(C)C)ccc3Cl)n2)cn1. The van der Waals surface area contributed by atoms with Crippen LogP contribution in [0.4, 0.5) is 0 Å². The van der Waals surface area contributed by atoms with Crippen LogP contribution in [0, 0.1) is 5.92 Å². The Morgan fingerprint density at radius 1 is 1.12 bits per heavy atom. The number of nitrogens with one attached hydrogen (secondary N) is 2. The average molecular weight is 471 g/mol. The van der Waals surface area contributed by atoms with Gasteiger partial charge in [0.25, 0.3) is 5.56 Å². The number of hydrogen-bond donors (Lipinski definition) is 2. The van der Waals surface area contributed by atoms with Crippen molar-refractivity contribution in [3.8, 4) is 28.5 Å². The van der Waals surface area contributed by atoms with Crippen molar-refractivity contribution in [2.75, 3.05) is 26.4 Å². The van der Waals surface area contributed by atoms with Gasteiger partial charge in [0, 0.05) is 42.6 Å². The molecule has 0 amide bonds. The Morgan fingerprint density at radius 3 is 2.70 bits per heavy atom. The van der Waals surface area contributed by atoms with Gasteiger partial charge in [0.15, 0.2) is 0 Å². The molecule has 0 saturated carbocycles. The Balaban J connectivity index is 1.76. The van der Waals surface area contributed by atoms with Gasteiger partial charge in [0.05, 0.1) is 17.3 Å². The van der Waals surface area contributed by atoms with Gasteiger partial charge in [0.1, 0.15) is 12.4 Å². The van der Waals surface area contributed by atoms with E-state index >= 15 is 0 Å². The Labute approximate surface area is 199 Å². The maximum atomic E-state index is 12.4. The maximum Gasteiger partial charge on any atom is 0.251 e. The summed E-state index contributed by atoms with van der Waals surface area (Å²) in [5, 5.41) is 3.94. The molecule has 0 aliphatic carbocycles. The molecule has 3 aromatic rings. The molecule has 176 valence electrons. The predicted octanol–water partition coefficient (Wildman–Crippen LogP) is 4.70. The molecule has 2 N–H and O–H groups in total. The molecule has 2 heterocycles. The summed E-state index contributed by atoms with van der Waals surface area (Å²) in [6.07, 6.45) is 2.62. The van der Waals surface area contributed by atoms with E-state index in [9.17, 15) is 4.79 Å². The molecule has 0 spiro atoms. The molecule has 0 aliphatic rings. The van der Waals surface area contributed by atoms with Gasteiger partial charge in [-0.1, -0.05) is 38.4 Å². The molecule has 7 nitrogen and oxygen atoms in total. The predicted molar refractivity (Wildman–Crippen MR) is 132 cm³/mol. The van der Waals surface area contributed by atoms with Gasteiger partial charge >= 0.3 is 0 Å². The van der Waals surface area contributed by atoms with E-state index in [1.807, 2.05) is 24.3 Å². The zero-order valence-electron chi connectivity index (χ0n) is 19.4. The van der Waals surface area contributed by atoms with E-state index in [0.717, 1.165) is 18.5 Å². The first-order valence-corrected chi connectivity index (χ1v) is 11.6. The van der Waals surface area contributed by atoms with Gasteiger partial charge in [-0.25, -0.2) is 9.97 Å². The molecular formula is C25H31ClN4O3. The molecule has 0 bridgehead atoms. The van der Waals surface area contributed by atoms with Crippen molar-refractivity contribution in [1.82, 2.24) is 20.3 Å². The highest BCUT2D eigenvalue weighted by molar-refractivity contribution is 6.33. The van der Waals surface area contributed by atoms with E-state index < -0.39 is 0 Å². The summed E-state index contributed by atoms with van der Waals surface area (Å²) in [6.45, 7) is 9.68. The van der Waals surface area contributed by atoms with Crippen LogP contribution in [0.3, 0.4) is 0 Å². The Kier molecular flexibility index (Phi) is 9.42. The lowest BCUT2D eigenvalue weighted by molar-refractivity contribution is 0.0990. The minimum Gasteiger partial charge on any atom is -0.475 e. The third-order valence-corrected chi connectivity index (χ3v) is 5.10. The lowest BCUT2D eigenvalue weighted by atomic mass is 10.1. The van der Waals surface area contributed by atoms with E-state index in [0.29, 0.717) is 65.8 Å². The summed E-state index contributed by atoms with van der Waals surface area (Å²) >= 11 is 6.45. The molecular weight excluding hydrogens is 440 g/mol. The molecule has 0 radical (unpaired) electrons. The second kappa shape index (κ2) is 12.5. The zero-order valence-corrected chi connectivity index (χ0v) is 20.1. The number of aromatic amines is 1.